The Morgan fingerprint density at radius 1 is 1.60 bits per heavy atom. The molecular formula is C10H19IN2O2. The molecule has 1 heterocycles. The highest BCUT2D eigenvalue weighted by Crippen LogP contribution is 2.20. The van der Waals surface area contributed by atoms with E-state index < -0.39 is 5.60 Å². The first kappa shape index (κ1) is 13.0. The minimum absolute atomic E-state index is 0.320. The topological polar surface area (TPSA) is 41.6 Å². The number of ether oxygens (including phenoxy) is 1. The van der Waals surface area contributed by atoms with Gasteiger partial charge in [-0.1, -0.05) is 0 Å². The largest absolute Gasteiger partial charge is 0.444 e. The summed E-state index contributed by atoms with van der Waals surface area (Å²) in [6.07, 6.45) is 2.04. The summed E-state index contributed by atoms with van der Waals surface area (Å²) in [5, 5.41) is 2.80. The van der Waals surface area contributed by atoms with Gasteiger partial charge in [-0.25, -0.2) is 7.91 Å². The Labute approximate surface area is 105 Å². The molecule has 0 aliphatic carbocycles. The Kier molecular flexibility index (Phi) is 4.64. The van der Waals surface area contributed by atoms with Crippen LogP contribution in [0.4, 0.5) is 4.79 Å². The van der Waals surface area contributed by atoms with E-state index in [0.717, 1.165) is 13.0 Å². The van der Waals surface area contributed by atoms with Crippen molar-refractivity contribution in [3.8, 4) is 0 Å². The summed E-state index contributed by atoms with van der Waals surface area (Å²) in [5.74, 6) is 0. The third-order valence-corrected chi connectivity index (χ3v) is 3.46. The summed E-state index contributed by atoms with van der Waals surface area (Å²) < 4.78 is 7.41. The molecule has 1 unspecified atom stereocenters. The molecule has 0 saturated carbocycles. The lowest BCUT2D eigenvalue weighted by molar-refractivity contribution is 0.0521. The number of alkyl carbamates (subject to hydrolysis) is 1. The van der Waals surface area contributed by atoms with Gasteiger partial charge in [0.15, 0.2) is 0 Å². The lowest BCUT2D eigenvalue weighted by atomic mass is 10.2. The average Bonchev–Trinajstić information content (AvgIpc) is 2.44. The monoisotopic (exact) mass is 326 g/mol. The quantitative estimate of drug-likeness (QED) is 0.625. The minimum atomic E-state index is -0.413. The highest BCUT2D eigenvalue weighted by Gasteiger charge is 2.23. The molecule has 0 radical (unpaired) electrons. The van der Waals surface area contributed by atoms with E-state index in [1.165, 1.54) is 6.42 Å². The van der Waals surface area contributed by atoms with Gasteiger partial charge in [-0.15, -0.1) is 0 Å². The standard InChI is InChI=1S/C10H19IN2O2/c1-10(2,3)15-9(14)12-7-8-5-4-6-13(8)11/h8H,4-7H2,1-3H3,(H,12,14). The lowest BCUT2D eigenvalue weighted by Gasteiger charge is -2.22. The molecule has 15 heavy (non-hydrogen) atoms. The van der Waals surface area contributed by atoms with Gasteiger partial charge >= 0.3 is 6.09 Å². The van der Waals surface area contributed by atoms with Crippen molar-refractivity contribution in [2.24, 2.45) is 0 Å². The van der Waals surface area contributed by atoms with Crippen molar-refractivity contribution in [3.05, 3.63) is 0 Å². The van der Waals surface area contributed by atoms with Crippen molar-refractivity contribution in [3.63, 3.8) is 0 Å². The van der Waals surface area contributed by atoms with Crippen molar-refractivity contribution in [2.45, 2.75) is 45.3 Å². The van der Waals surface area contributed by atoms with Crippen LogP contribution in [0.3, 0.4) is 0 Å². The van der Waals surface area contributed by atoms with E-state index in [1.54, 1.807) is 0 Å². The van der Waals surface area contributed by atoms with Gasteiger partial charge in [-0.2, -0.15) is 0 Å². The van der Waals surface area contributed by atoms with Crippen LogP contribution in [0.15, 0.2) is 0 Å². The van der Waals surface area contributed by atoms with Crippen LogP contribution < -0.4 is 5.32 Å². The summed E-state index contributed by atoms with van der Waals surface area (Å²) in [6.45, 7) is 7.39. The van der Waals surface area contributed by atoms with Crippen LogP contribution in [-0.4, -0.2) is 33.9 Å². The Hall–Kier alpha value is -0.0400. The molecule has 0 aromatic carbocycles. The fraction of sp³-hybridized carbons (Fsp3) is 0.900. The molecule has 0 aromatic rings. The average molecular weight is 326 g/mol. The molecule has 0 aromatic heterocycles. The first-order valence-electron chi connectivity index (χ1n) is 5.28. The molecule has 0 spiro atoms. The van der Waals surface area contributed by atoms with Crippen LogP contribution >= 0.6 is 22.9 Å². The van der Waals surface area contributed by atoms with Gasteiger partial charge in [0.05, 0.1) is 0 Å². The Bertz CT molecular complexity index is 228. The van der Waals surface area contributed by atoms with Crippen molar-refractivity contribution < 1.29 is 9.53 Å². The molecule has 1 rings (SSSR count). The molecule has 5 heteroatoms. The molecule has 88 valence electrons. The number of hydrogen-bond donors (Lipinski definition) is 1. The molecule has 1 aliphatic heterocycles. The molecule has 4 nitrogen and oxygen atoms in total. The van der Waals surface area contributed by atoms with Gasteiger partial charge in [0, 0.05) is 42.0 Å². The Morgan fingerprint density at radius 3 is 2.73 bits per heavy atom. The Morgan fingerprint density at radius 2 is 2.27 bits per heavy atom. The highest BCUT2D eigenvalue weighted by molar-refractivity contribution is 14.1. The number of rotatable bonds is 2. The maximum atomic E-state index is 11.4. The maximum Gasteiger partial charge on any atom is 0.407 e. The predicted molar refractivity (Wildman–Crippen MR) is 68.0 cm³/mol. The summed E-state index contributed by atoms with van der Waals surface area (Å²) >= 11 is 2.31. The molecule has 1 N–H and O–H groups in total. The molecule has 1 saturated heterocycles. The number of amides is 1. The molecule has 1 atom stereocenters. The van der Waals surface area contributed by atoms with Crippen LogP contribution in [0, 0.1) is 0 Å². The zero-order chi connectivity index (χ0) is 11.5. The smallest absolute Gasteiger partial charge is 0.407 e. The van der Waals surface area contributed by atoms with Gasteiger partial charge in [0.1, 0.15) is 5.60 Å². The minimum Gasteiger partial charge on any atom is -0.444 e. The summed E-state index contributed by atoms with van der Waals surface area (Å²) in [4.78, 5) is 11.4. The van der Waals surface area contributed by atoms with Crippen molar-refractivity contribution in [2.75, 3.05) is 13.1 Å². The van der Waals surface area contributed by atoms with Crippen LogP contribution in [0.25, 0.3) is 0 Å². The van der Waals surface area contributed by atoms with E-state index in [2.05, 4.69) is 31.3 Å². The normalized spacial score (nSPS) is 22.8. The molecule has 1 amide bonds. The van der Waals surface area contributed by atoms with E-state index in [4.69, 9.17) is 4.74 Å². The zero-order valence-electron chi connectivity index (χ0n) is 9.55. The number of halogens is 1. The van der Waals surface area contributed by atoms with Crippen LogP contribution in [-0.2, 0) is 4.74 Å². The maximum absolute atomic E-state index is 11.4. The number of carbonyl (C=O) groups excluding carboxylic acids is 1. The Balaban J connectivity index is 2.22. The van der Waals surface area contributed by atoms with Crippen molar-refractivity contribution in [1.82, 2.24) is 8.43 Å². The second kappa shape index (κ2) is 5.34. The third-order valence-electron chi connectivity index (χ3n) is 2.19. The van der Waals surface area contributed by atoms with E-state index in [0.29, 0.717) is 12.6 Å². The first-order chi connectivity index (χ1) is 6.88. The molecular weight excluding hydrogens is 307 g/mol. The summed E-state index contributed by atoms with van der Waals surface area (Å²) in [7, 11) is 0. The van der Waals surface area contributed by atoms with Crippen LogP contribution in [0.5, 0.6) is 0 Å². The lowest BCUT2D eigenvalue weighted by Crippen LogP contribution is -2.39. The number of hydrogen-bond acceptors (Lipinski definition) is 3. The number of nitrogens with zero attached hydrogens (tertiary/aromatic N) is 1. The van der Waals surface area contributed by atoms with E-state index in [-0.39, 0.29) is 6.09 Å². The zero-order valence-corrected chi connectivity index (χ0v) is 11.7. The second-order valence-corrected chi connectivity index (χ2v) is 6.04. The van der Waals surface area contributed by atoms with Crippen LogP contribution in [0.2, 0.25) is 0 Å². The molecule has 0 bridgehead atoms. The highest BCUT2D eigenvalue weighted by atomic mass is 127. The van der Waals surface area contributed by atoms with Crippen molar-refractivity contribution >= 4 is 29.0 Å². The fourth-order valence-corrected chi connectivity index (χ4v) is 2.33. The third kappa shape index (κ3) is 5.01. The number of nitrogens with one attached hydrogen (secondary N) is 1. The van der Waals surface area contributed by atoms with E-state index >= 15 is 0 Å². The molecule has 1 fully saturated rings. The van der Waals surface area contributed by atoms with Gasteiger partial charge in [0.25, 0.3) is 0 Å². The van der Waals surface area contributed by atoms with Gasteiger partial charge in [0.2, 0.25) is 0 Å². The van der Waals surface area contributed by atoms with E-state index in [1.807, 2.05) is 20.8 Å². The summed E-state index contributed by atoms with van der Waals surface area (Å²) in [6, 6.07) is 0.457. The number of carbonyl (C=O) groups is 1. The second-order valence-electron chi connectivity index (χ2n) is 4.80. The van der Waals surface area contributed by atoms with Gasteiger partial charge in [-0.3, -0.25) is 0 Å². The first-order valence-corrected chi connectivity index (χ1v) is 6.24. The van der Waals surface area contributed by atoms with Gasteiger partial charge in [-0.05, 0) is 33.6 Å². The SMILES string of the molecule is CC(C)(C)OC(=O)NCC1CCCN1I. The van der Waals surface area contributed by atoms with E-state index in [9.17, 15) is 4.79 Å². The van der Waals surface area contributed by atoms with Crippen molar-refractivity contribution in [1.29, 1.82) is 0 Å². The predicted octanol–water partition coefficient (Wildman–Crippen LogP) is 2.33. The fourth-order valence-electron chi connectivity index (χ4n) is 1.52. The summed E-state index contributed by atoms with van der Waals surface area (Å²) in [5.41, 5.74) is -0.413. The molecule has 1 aliphatic rings. The van der Waals surface area contributed by atoms with Gasteiger partial charge < -0.3 is 10.1 Å². The van der Waals surface area contributed by atoms with Crippen LogP contribution in [0.1, 0.15) is 33.6 Å².